The first-order chi connectivity index (χ1) is 12.5. The summed E-state index contributed by atoms with van der Waals surface area (Å²) in [6.07, 6.45) is 1.57. The van der Waals surface area contributed by atoms with Gasteiger partial charge >= 0.3 is 5.97 Å². The number of aromatic nitrogens is 1. The van der Waals surface area contributed by atoms with E-state index < -0.39 is 5.97 Å². The number of anilines is 2. The summed E-state index contributed by atoms with van der Waals surface area (Å²) < 4.78 is 10.5. The van der Waals surface area contributed by atoms with E-state index in [1.54, 1.807) is 18.3 Å². The summed E-state index contributed by atoms with van der Waals surface area (Å²) in [5, 5.41) is 5.73. The molecule has 138 valence electrons. The fourth-order valence-electron chi connectivity index (χ4n) is 2.18. The molecule has 26 heavy (non-hydrogen) atoms. The molecular weight excluding hydrogens is 334 g/mol. The molecule has 7 heteroatoms. The third kappa shape index (κ3) is 5.77. The van der Waals surface area contributed by atoms with Crippen LogP contribution in [0.15, 0.2) is 42.6 Å². The van der Waals surface area contributed by atoms with Gasteiger partial charge in [-0.15, -0.1) is 0 Å². The number of amides is 1. The topological polar surface area (TPSA) is 89.6 Å². The predicted molar refractivity (Wildman–Crippen MR) is 98.7 cm³/mol. The van der Waals surface area contributed by atoms with E-state index >= 15 is 0 Å². The largest absolute Gasteiger partial charge is 0.494 e. The van der Waals surface area contributed by atoms with Crippen LogP contribution in [0.1, 0.15) is 31.1 Å². The third-order valence-corrected chi connectivity index (χ3v) is 3.24. The second-order valence-corrected chi connectivity index (χ2v) is 5.78. The molecule has 0 aliphatic rings. The summed E-state index contributed by atoms with van der Waals surface area (Å²) in [7, 11) is 0. The first kappa shape index (κ1) is 19.2. The molecule has 0 unspecified atom stereocenters. The van der Waals surface area contributed by atoms with Gasteiger partial charge in [-0.1, -0.05) is 0 Å². The van der Waals surface area contributed by atoms with Gasteiger partial charge in [0.05, 0.1) is 6.61 Å². The number of hydrogen-bond donors (Lipinski definition) is 2. The van der Waals surface area contributed by atoms with Gasteiger partial charge < -0.3 is 20.1 Å². The van der Waals surface area contributed by atoms with E-state index in [9.17, 15) is 9.59 Å². The van der Waals surface area contributed by atoms with Crippen molar-refractivity contribution in [1.82, 2.24) is 10.3 Å². The average Bonchev–Trinajstić information content (AvgIpc) is 2.61. The molecule has 0 aliphatic carbocycles. The first-order valence-electron chi connectivity index (χ1n) is 8.41. The van der Waals surface area contributed by atoms with E-state index in [1.807, 2.05) is 45.0 Å². The molecule has 0 spiro atoms. The van der Waals surface area contributed by atoms with E-state index in [2.05, 4.69) is 15.6 Å². The highest BCUT2D eigenvalue weighted by Gasteiger charge is 2.16. The Balaban J connectivity index is 2.04. The van der Waals surface area contributed by atoms with Crippen molar-refractivity contribution in [3.63, 3.8) is 0 Å². The van der Waals surface area contributed by atoms with E-state index in [0.29, 0.717) is 12.4 Å². The fraction of sp³-hybridized carbons (Fsp3) is 0.316. The van der Waals surface area contributed by atoms with Gasteiger partial charge in [-0.3, -0.25) is 4.79 Å². The van der Waals surface area contributed by atoms with Crippen LogP contribution in [0.2, 0.25) is 0 Å². The highest BCUT2D eigenvalue weighted by molar-refractivity contribution is 5.96. The van der Waals surface area contributed by atoms with E-state index in [-0.39, 0.29) is 24.1 Å². The Morgan fingerprint density at radius 2 is 1.88 bits per heavy atom. The van der Waals surface area contributed by atoms with Gasteiger partial charge in [0.1, 0.15) is 17.1 Å². The van der Waals surface area contributed by atoms with Crippen molar-refractivity contribution >= 4 is 23.4 Å². The van der Waals surface area contributed by atoms with Crippen molar-refractivity contribution in [3.05, 3.63) is 48.2 Å². The smallest absolute Gasteiger partial charge is 0.342 e. The first-order valence-corrected chi connectivity index (χ1v) is 8.41. The predicted octanol–water partition coefficient (Wildman–Crippen LogP) is 2.91. The standard InChI is InChI=1S/C19H23N3O4/c1-4-25-15-9-7-14(8-10-15)22-18-16(6-5-11-20-18)19(24)26-12-17(23)21-13(2)3/h5-11,13H,4,12H2,1-3H3,(H,20,22)(H,21,23). The molecule has 0 fully saturated rings. The van der Waals surface area contributed by atoms with E-state index in [0.717, 1.165) is 11.4 Å². The summed E-state index contributed by atoms with van der Waals surface area (Å²) >= 11 is 0. The molecule has 0 saturated heterocycles. The normalized spacial score (nSPS) is 10.3. The van der Waals surface area contributed by atoms with Crippen LogP contribution in [0.3, 0.4) is 0 Å². The molecule has 1 aromatic carbocycles. The van der Waals surface area contributed by atoms with Crippen molar-refractivity contribution in [2.75, 3.05) is 18.5 Å². The van der Waals surface area contributed by atoms with E-state index in [1.165, 1.54) is 0 Å². The van der Waals surface area contributed by atoms with Gasteiger partial charge in [0.2, 0.25) is 0 Å². The molecule has 1 heterocycles. The number of carbonyl (C=O) groups excluding carboxylic acids is 2. The maximum atomic E-state index is 12.3. The molecule has 0 bridgehead atoms. The number of pyridine rings is 1. The maximum absolute atomic E-state index is 12.3. The Hall–Kier alpha value is -3.09. The summed E-state index contributed by atoms with van der Waals surface area (Å²) in [5.74, 6) is 0.143. The molecule has 1 aromatic heterocycles. The minimum Gasteiger partial charge on any atom is -0.494 e. The van der Waals surface area contributed by atoms with Gasteiger partial charge in [0.25, 0.3) is 5.91 Å². The second-order valence-electron chi connectivity index (χ2n) is 5.78. The zero-order chi connectivity index (χ0) is 18.9. The molecule has 7 nitrogen and oxygen atoms in total. The van der Waals surface area contributed by atoms with Crippen LogP contribution in [0.4, 0.5) is 11.5 Å². The third-order valence-electron chi connectivity index (χ3n) is 3.24. The summed E-state index contributed by atoms with van der Waals surface area (Å²) in [5.41, 5.74) is 0.998. The number of benzene rings is 1. The fourth-order valence-corrected chi connectivity index (χ4v) is 2.18. The van der Waals surface area contributed by atoms with Crippen LogP contribution < -0.4 is 15.4 Å². The lowest BCUT2D eigenvalue weighted by atomic mass is 10.2. The minimum absolute atomic E-state index is 0.0171. The Morgan fingerprint density at radius 3 is 2.54 bits per heavy atom. The van der Waals surface area contributed by atoms with Gasteiger partial charge in [-0.2, -0.15) is 0 Å². The van der Waals surface area contributed by atoms with Crippen molar-refractivity contribution in [2.45, 2.75) is 26.8 Å². The second kappa shape index (κ2) is 9.41. The minimum atomic E-state index is -0.620. The van der Waals surface area contributed by atoms with Crippen molar-refractivity contribution in [2.24, 2.45) is 0 Å². The highest BCUT2D eigenvalue weighted by Crippen LogP contribution is 2.21. The van der Waals surface area contributed by atoms with Crippen LogP contribution in [0.5, 0.6) is 5.75 Å². The zero-order valence-electron chi connectivity index (χ0n) is 15.1. The van der Waals surface area contributed by atoms with Crippen LogP contribution in [0.25, 0.3) is 0 Å². The number of nitrogens with one attached hydrogen (secondary N) is 2. The molecule has 0 radical (unpaired) electrons. The highest BCUT2D eigenvalue weighted by atomic mass is 16.5. The molecule has 0 atom stereocenters. The summed E-state index contributed by atoms with van der Waals surface area (Å²) in [6.45, 7) is 5.83. The van der Waals surface area contributed by atoms with Crippen LogP contribution in [0, 0.1) is 0 Å². The Labute approximate surface area is 152 Å². The SMILES string of the molecule is CCOc1ccc(Nc2ncccc2C(=O)OCC(=O)NC(C)C)cc1. The number of hydrogen-bond acceptors (Lipinski definition) is 6. The zero-order valence-corrected chi connectivity index (χ0v) is 15.1. The van der Waals surface area contributed by atoms with Gasteiger partial charge in [-0.25, -0.2) is 9.78 Å². The summed E-state index contributed by atoms with van der Waals surface area (Å²) in [4.78, 5) is 28.1. The number of esters is 1. The lowest BCUT2D eigenvalue weighted by Crippen LogP contribution is -2.34. The monoisotopic (exact) mass is 357 g/mol. The lowest BCUT2D eigenvalue weighted by Gasteiger charge is -2.12. The van der Waals surface area contributed by atoms with Crippen LogP contribution >= 0.6 is 0 Å². The average molecular weight is 357 g/mol. The van der Waals surface area contributed by atoms with Crippen molar-refractivity contribution < 1.29 is 19.1 Å². The Morgan fingerprint density at radius 1 is 1.15 bits per heavy atom. The Kier molecular flexibility index (Phi) is 6.96. The lowest BCUT2D eigenvalue weighted by molar-refractivity contribution is -0.124. The molecule has 0 aliphatic heterocycles. The summed E-state index contributed by atoms with van der Waals surface area (Å²) in [6, 6.07) is 10.5. The number of rotatable bonds is 8. The molecule has 2 rings (SSSR count). The molecule has 2 N–H and O–H groups in total. The number of nitrogens with zero attached hydrogens (tertiary/aromatic N) is 1. The van der Waals surface area contributed by atoms with Gasteiger partial charge in [-0.05, 0) is 57.2 Å². The van der Waals surface area contributed by atoms with Gasteiger partial charge in [0.15, 0.2) is 6.61 Å². The molecule has 1 amide bonds. The molecular formula is C19H23N3O4. The van der Waals surface area contributed by atoms with Crippen molar-refractivity contribution in [3.8, 4) is 5.75 Å². The van der Waals surface area contributed by atoms with Crippen LogP contribution in [-0.2, 0) is 9.53 Å². The Bertz CT molecular complexity index is 745. The number of carbonyl (C=O) groups is 2. The van der Waals surface area contributed by atoms with Gasteiger partial charge in [0, 0.05) is 17.9 Å². The number of ether oxygens (including phenoxy) is 2. The maximum Gasteiger partial charge on any atom is 0.342 e. The molecule has 0 saturated carbocycles. The van der Waals surface area contributed by atoms with Crippen LogP contribution in [-0.4, -0.2) is 36.1 Å². The molecule has 2 aromatic rings. The van der Waals surface area contributed by atoms with E-state index in [4.69, 9.17) is 9.47 Å². The van der Waals surface area contributed by atoms with Crippen molar-refractivity contribution in [1.29, 1.82) is 0 Å². The quantitative estimate of drug-likeness (QED) is 0.706.